The summed E-state index contributed by atoms with van der Waals surface area (Å²) < 4.78 is 11.2. The molecule has 0 radical (unpaired) electrons. The summed E-state index contributed by atoms with van der Waals surface area (Å²) in [6.07, 6.45) is 2.28. The van der Waals surface area contributed by atoms with Crippen molar-refractivity contribution in [1.82, 2.24) is 10.6 Å². The van der Waals surface area contributed by atoms with E-state index in [4.69, 9.17) is 9.47 Å². The number of hydrogen-bond acceptors (Lipinski definition) is 3. The third-order valence-electron chi connectivity index (χ3n) is 3.21. The largest absolute Gasteiger partial charge is 0.494 e. The first kappa shape index (κ1) is 19.3. The smallest absolute Gasteiger partial charge is 0.191 e. The van der Waals surface area contributed by atoms with Crippen LogP contribution in [-0.4, -0.2) is 38.9 Å². The SMILES string of the molecule is CCCCOCCNC(=NCc1ccccc1OCC)NCC. The number of para-hydroxylation sites is 1. The highest BCUT2D eigenvalue weighted by Crippen LogP contribution is 2.18. The molecule has 5 nitrogen and oxygen atoms in total. The molecule has 23 heavy (non-hydrogen) atoms. The standard InChI is InChI=1S/C18H31N3O2/c1-4-7-13-22-14-12-20-18(19-5-2)21-15-16-10-8-9-11-17(16)23-6-3/h8-11H,4-7,12-15H2,1-3H3,(H2,19,20,21). The first-order valence-electron chi connectivity index (χ1n) is 8.62. The van der Waals surface area contributed by atoms with Gasteiger partial charge >= 0.3 is 0 Å². The second kappa shape index (κ2) is 12.8. The Balaban J connectivity index is 2.48. The van der Waals surface area contributed by atoms with Crippen LogP contribution in [0.2, 0.25) is 0 Å². The lowest BCUT2D eigenvalue weighted by Gasteiger charge is -2.12. The highest BCUT2D eigenvalue weighted by atomic mass is 16.5. The summed E-state index contributed by atoms with van der Waals surface area (Å²) in [6.45, 7) is 10.6. The number of unbranched alkanes of at least 4 members (excludes halogenated alkanes) is 1. The monoisotopic (exact) mass is 321 g/mol. The molecule has 0 spiro atoms. The number of aliphatic imine (C=N–C) groups is 1. The molecule has 0 amide bonds. The molecule has 0 aromatic heterocycles. The first-order valence-corrected chi connectivity index (χ1v) is 8.62. The zero-order valence-corrected chi connectivity index (χ0v) is 14.7. The van der Waals surface area contributed by atoms with E-state index in [1.807, 2.05) is 31.2 Å². The molecule has 0 aliphatic rings. The first-order chi connectivity index (χ1) is 11.3. The summed E-state index contributed by atoms with van der Waals surface area (Å²) in [7, 11) is 0. The van der Waals surface area contributed by atoms with Gasteiger partial charge in [-0.15, -0.1) is 0 Å². The molecule has 1 aromatic carbocycles. The molecule has 0 saturated heterocycles. The van der Waals surface area contributed by atoms with Gasteiger partial charge in [-0.25, -0.2) is 4.99 Å². The van der Waals surface area contributed by atoms with Crippen molar-refractivity contribution in [1.29, 1.82) is 0 Å². The minimum absolute atomic E-state index is 0.586. The normalized spacial score (nSPS) is 11.3. The summed E-state index contributed by atoms with van der Waals surface area (Å²) in [5.74, 6) is 1.70. The molecule has 1 rings (SSSR count). The zero-order chi connectivity index (χ0) is 16.8. The lowest BCUT2D eigenvalue weighted by atomic mass is 10.2. The molecule has 130 valence electrons. The average molecular weight is 321 g/mol. The van der Waals surface area contributed by atoms with Crippen LogP contribution in [0.3, 0.4) is 0 Å². The van der Waals surface area contributed by atoms with E-state index >= 15 is 0 Å². The fraction of sp³-hybridized carbons (Fsp3) is 0.611. The Morgan fingerprint density at radius 1 is 1.09 bits per heavy atom. The van der Waals surface area contributed by atoms with Crippen LogP contribution in [0.5, 0.6) is 5.75 Å². The van der Waals surface area contributed by atoms with Crippen molar-refractivity contribution in [2.24, 2.45) is 4.99 Å². The average Bonchev–Trinajstić information content (AvgIpc) is 2.57. The van der Waals surface area contributed by atoms with E-state index < -0.39 is 0 Å². The third kappa shape index (κ3) is 8.45. The Bertz CT molecular complexity index is 450. The van der Waals surface area contributed by atoms with Gasteiger partial charge in [0.2, 0.25) is 0 Å². The molecule has 0 heterocycles. The lowest BCUT2D eigenvalue weighted by molar-refractivity contribution is 0.136. The van der Waals surface area contributed by atoms with Crippen molar-refractivity contribution in [3.8, 4) is 5.75 Å². The van der Waals surface area contributed by atoms with Gasteiger partial charge in [0.25, 0.3) is 0 Å². The number of nitrogens with zero attached hydrogens (tertiary/aromatic N) is 1. The van der Waals surface area contributed by atoms with E-state index in [-0.39, 0.29) is 0 Å². The summed E-state index contributed by atoms with van der Waals surface area (Å²) in [5.41, 5.74) is 1.09. The maximum atomic E-state index is 5.64. The second-order valence-electron chi connectivity index (χ2n) is 5.13. The third-order valence-corrected chi connectivity index (χ3v) is 3.21. The predicted octanol–water partition coefficient (Wildman–Crippen LogP) is 2.96. The maximum Gasteiger partial charge on any atom is 0.191 e. The van der Waals surface area contributed by atoms with E-state index in [1.54, 1.807) is 0 Å². The minimum atomic E-state index is 0.586. The van der Waals surface area contributed by atoms with Crippen molar-refractivity contribution >= 4 is 5.96 Å². The molecular weight excluding hydrogens is 290 g/mol. The van der Waals surface area contributed by atoms with Crippen LogP contribution < -0.4 is 15.4 Å². The van der Waals surface area contributed by atoms with Crippen molar-refractivity contribution in [2.45, 2.75) is 40.2 Å². The Morgan fingerprint density at radius 2 is 1.91 bits per heavy atom. The highest BCUT2D eigenvalue weighted by Gasteiger charge is 2.02. The summed E-state index contributed by atoms with van der Waals surface area (Å²) in [4.78, 5) is 4.62. The van der Waals surface area contributed by atoms with Gasteiger partial charge in [0.1, 0.15) is 5.75 Å². The van der Waals surface area contributed by atoms with Crippen LogP contribution in [0, 0.1) is 0 Å². The number of guanidine groups is 1. The Kier molecular flexibility index (Phi) is 10.7. The van der Waals surface area contributed by atoms with E-state index in [0.29, 0.717) is 19.8 Å². The predicted molar refractivity (Wildman–Crippen MR) is 96.2 cm³/mol. The molecule has 0 unspecified atom stereocenters. The summed E-state index contributed by atoms with van der Waals surface area (Å²) in [5, 5.41) is 6.54. The van der Waals surface area contributed by atoms with Crippen molar-refractivity contribution in [3.05, 3.63) is 29.8 Å². The van der Waals surface area contributed by atoms with E-state index in [0.717, 1.165) is 49.8 Å². The van der Waals surface area contributed by atoms with E-state index in [2.05, 4.69) is 29.5 Å². The number of nitrogens with one attached hydrogen (secondary N) is 2. The van der Waals surface area contributed by atoms with Crippen molar-refractivity contribution in [3.63, 3.8) is 0 Å². The number of rotatable bonds is 11. The van der Waals surface area contributed by atoms with Crippen molar-refractivity contribution in [2.75, 3.05) is 32.9 Å². The van der Waals surface area contributed by atoms with Crippen LogP contribution >= 0.6 is 0 Å². The Labute approximate surface area is 140 Å². The molecular formula is C18H31N3O2. The minimum Gasteiger partial charge on any atom is -0.494 e. The van der Waals surface area contributed by atoms with Gasteiger partial charge in [-0.3, -0.25) is 0 Å². The van der Waals surface area contributed by atoms with Crippen LogP contribution in [0.15, 0.2) is 29.3 Å². The molecule has 0 bridgehead atoms. The van der Waals surface area contributed by atoms with Crippen LogP contribution in [-0.2, 0) is 11.3 Å². The fourth-order valence-electron chi connectivity index (χ4n) is 2.03. The van der Waals surface area contributed by atoms with E-state index in [9.17, 15) is 0 Å². The van der Waals surface area contributed by atoms with Crippen LogP contribution in [0.4, 0.5) is 0 Å². The number of hydrogen-bond donors (Lipinski definition) is 2. The quantitative estimate of drug-likeness (QED) is 0.374. The zero-order valence-electron chi connectivity index (χ0n) is 14.7. The van der Waals surface area contributed by atoms with Gasteiger partial charge < -0.3 is 20.1 Å². The molecule has 0 atom stereocenters. The van der Waals surface area contributed by atoms with Crippen molar-refractivity contribution < 1.29 is 9.47 Å². The molecule has 0 aliphatic carbocycles. The van der Waals surface area contributed by atoms with Gasteiger partial charge in [0.05, 0.1) is 19.8 Å². The maximum absolute atomic E-state index is 5.64. The molecule has 5 heteroatoms. The van der Waals surface area contributed by atoms with Gasteiger partial charge in [-0.2, -0.15) is 0 Å². The second-order valence-corrected chi connectivity index (χ2v) is 5.13. The molecule has 0 aliphatic heterocycles. The summed E-state index contributed by atoms with van der Waals surface area (Å²) >= 11 is 0. The molecule has 0 saturated carbocycles. The van der Waals surface area contributed by atoms with Crippen LogP contribution in [0.1, 0.15) is 39.2 Å². The van der Waals surface area contributed by atoms with Crippen LogP contribution in [0.25, 0.3) is 0 Å². The van der Waals surface area contributed by atoms with Gasteiger partial charge in [0.15, 0.2) is 5.96 Å². The molecule has 1 aromatic rings. The number of ether oxygens (including phenoxy) is 2. The molecule has 0 fully saturated rings. The molecule has 2 N–H and O–H groups in total. The highest BCUT2D eigenvalue weighted by molar-refractivity contribution is 5.79. The Hall–Kier alpha value is -1.75. The Morgan fingerprint density at radius 3 is 2.65 bits per heavy atom. The van der Waals surface area contributed by atoms with Gasteiger partial charge in [0, 0.05) is 25.3 Å². The lowest BCUT2D eigenvalue weighted by Crippen LogP contribution is -2.39. The summed E-state index contributed by atoms with van der Waals surface area (Å²) in [6, 6.07) is 8.02. The van der Waals surface area contributed by atoms with Gasteiger partial charge in [-0.05, 0) is 26.3 Å². The number of benzene rings is 1. The van der Waals surface area contributed by atoms with E-state index in [1.165, 1.54) is 0 Å². The van der Waals surface area contributed by atoms with Gasteiger partial charge in [-0.1, -0.05) is 31.5 Å². The fourth-order valence-corrected chi connectivity index (χ4v) is 2.03. The topological polar surface area (TPSA) is 54.9 Å².